The number of rotatable bonds is 3. The standard InChI is InChI=1S/C10H18N2O3/c13-10(14)9-7-12(4-3-11-9)6-8-2-1-5-15-8/h8-9,11H,1-7H2,(H,13,14). The molecule has 15 heavy (non-hydrogen) atoms. The molecule has 5 nitrogen and oxygen atoms in total. The smallest absolute Gasteiger partial charge is 0.322 e. The number of hydrogen-bond acceptors (Lipinski definition) is 4. The Morgan fingerprint density at radius 2 is 2.47 bits per heavy atom. The highest BCUT2D eigenvalue weighted by Crippen LogP contribution is 2.14. The first kappa shape index (κ1) is 10.9. The molecule has 0 aromatic heterocycles. The average molecular weight is 214 g/mol. The second-order valence-electron chi connectivity index (χ2n) is 4.24. The molecule has 2 N–H and O–H groups in total. The lowest BCUT2D eigenvalue weighted by Crippen LogP contribution is -2.55. The number of nitrogens with one attached hydrogen (secondary N) is 1. The van der Waals surface area contributed by atoms with Gasteiger partial charge >= 0.3 is 5.97 Å². The Morgan fingerprint density at radius 1 is 1.60 bits per heavy atom. The predicted octanol–water partition coefficient (Wildman–Crippen LogP) is -0.476. The quantitative estimate of drug-likeness (QED) is 0.664. The zero-order chi connectivity index (χ0) is 10.7. The fraction of sp³-hybridized carbons (Fsp3) is 0.900. The van der Waals surface area contributed by atoms with Gasteiger partial charge < -0.3 is 15.2 Å². The van der Waals surface area contributed by atoms with Gasteiger partial charge in [-0.15, -0.1) is 0 Å². The van der Waals surface area contributed by atoms with Crippen LogP contribution in [0.2, 0.25) is 0 Å². The van der Waals surface area contributed by atoms with Crippen LogP contribution in [0.3, 0.4) is 0 Å². The van der Waals surface area contributed by atoms with Crippen molar-refractivity contribution in [3.63, 3.8) is 0 Å². The Kier molecular flexibility index (Phi) is 3.56. The van der Waals surface area contributed by atoms with E-state index in [2.05, 4.69) is 10.2 Å². The topological polar surface area (TPSA) is 61.8 Å². The van der Waals surface area contributed by atoms with Crippen LogP contribution in [0, 0.1) is 0 Å². The van der Waals surface area contributed by atoms with Gasteiger partial charge in [0.2, 0.25) is 0 Å². The number of carboxylic acid groups (broad SMARTS) is 1. The summed E-state index contributed by atoms with van der Waals surface area (Å²) in [6.07, 6.45) is 2.57. The van der Waals surface area contributed by atoms with Gasteiger partial charge in [0.25, 0.3) is 0 Å². The van der Waals surface area contributed by atoms with E-state index in [0.29, 0.717) is 12.6 Å². The number of carbonyl (C=O) groups is 1. The lowest BCUT2D eigenvalue weighted by atomic mass is 10.1. The molecule has 2 unspecified atom stereocenters. The van der Waals surface area contributed by atoms with Gasteiger partial charge in [-0.2, -0.15) is 0 Å². The highest BCUT2D eigenvalue weighted by molar-refractivity contribution is 5.73. The lowest BCUT2D eigenvalue weighted by Gasteiger charge is -2.32. The summed E-state index contributed by atoms with van der Waals surface area (Å²) in [5, 5.41) is 11.9. The third kappa shape index (κ3) is 2.90. The van der Waals surface area contributed by atoms with Crippen LogP contribution in [0.25, 0.3) is 0 Å². The van der Waals surface area contributed by atoms with Crippen molar-refractivity contribution in [2.75, 3.05) is 32.8 Å². The number of aliphatic carboxylic acids is 1. The number of hydrogen-bond donors (Lipinski definition) is 2. The molecule has 0 spiro atoms. The summed E-state index contributed by atoms with van der Waals surface area (Å²) in [5.41, 5.74) is 0. The van der Waals surface area contributed by atoms with Crippen LogP contribution >= 0.6 is 0 Å². The van der Waals surface area contributed by atoms with E-state index in [1.54, 1.807) is 0 Å². The number of nitrogens with zero attached hydrogens (tertiary/aromatic N) is 1. The summed E-state index contributed by atoms with van der Waals surface area (Å²) >= 11 is 0. The molecule has 2 fully saturated rings. The SMILES string of the molecule is O=C(O)C1CN(CC2CCCO2)CCN1. The molecule has 0 saturated carbocycles. The third-order valence-corrected chi connectivity index (χ3v) is 3.04. The van der Waals surface area contributed by atoms with Gasteiger partial charge in [-0.3, -0.25) is 9.69 Å². The first-order chi connectivity index (χ1) is 7.25. The van der Waals surface area contributed by atoms with E-state index < -0.39 is 12.0 Å². The highest BCUT2D eigenvalue weighted by Gasteiger charge is 2.27. The van der Waals surface area contributed by atoms with Crippen molar-refractivity contribution in [1.29, 1.82) is 0 Å². The molecule has 0 aromatic carbocycles. The molecule has 0 aliphatic carbocycles. The number of ether oxygens (including phenoxy) is 1. The molecular weight excluding hydrogens is 196 g/mol. The first-order valence-corrected chi connectivity index (χ1v) is 5.56. The first-order valence-electron chi connectivity index (χ1n) is 5.56. The minimum Gasteiger partial charge on any atom is -0.480 e. The van der Waals surface area contributed by atoms with Crippen molar-refractivity contribution in [3.8, 4) is 0 Å². The summed E-state index contributed by atoms with van der Waals surface area (Å²) in [6, 6.07) is -0.417. The minimum absolute atomic E-state index is 0.317. The summed E-state index contributed by atoms with van der Waals surface area (Å²) in [7, 11) is 0. The summed E-state index contributed by atoms with van der Waals surface area (Å²) < 4.78 is 5.54. The van der Waals surface area contributed by atoms with Gasteiger partial charge in [0.05, 0.1) is 6.10 Å². The Labute approximate surface area is 89.4 Å². The zero-order valence-corrected chi connectivity index (χ0v) is 8.82. The summed E-state index contributed by atoms with van der Waals surface area (Å²) in [4.78, 5) is 13.0. The van der Waals surface area contributed by atoms with Gasteiger partial charge in [-0.25, -0.2) is 0 Å². The molecule has 86 valence electrons. The maximum Gasteiger partial charge on any atom is 0.322 e. The van der Waals surface area contributed by atoms with Crippen LogP contribution < -0.4 is 5.32 Å². The molecule has 0 bridgehead atoms. The van der Waals surface area contributed by atoms with Crippen LogP contribution in [-0.4, -0.2) is 60.9 Å². The van der Waals surface area contributed by atoms with E-state index in [0.717, 1.165) is 39.1 Å². The van der Waals surface area contributed by atoms with E-state index in [9.17, 15) is 4.79 Å². The van der Waals surface area contributed by atoms with Crippen molar-refractivity contribution in [3.05, 3.63) is 0 Å². The molecule has 0 radical (unpaired) electrons. The Bertz CT molecular complexity index is 229. The van der Waals surface area contributed by atoms with E-state index in [1.807, 2.05) is 0 Å². The van der Waals surface area contributed by atoms with Crippen LogP contribution in [0.5, 0.6) is 0 Å². The molecule has 2 atom stereocenters. The number of piperazine rings is 1. The second kappa shape index (κ2) is 4.92. The molecule has 2 saturated heterocycles. The Hall–Kier alpha value is -0.650. The van der Waals surface area contributed by atoms with E-state index >= 15 is 0 Å². The van der Waals surface area contributed by atoms with Gasteiger partial charge in [0.15, 0.2) is 0 Å². The van der Waals surface area contributed by atoms with Crippen LogP contribution in [-0.2, 0) is 9.53 Å². The lowest BCUT2D eigenvalue weighted by molar-refractivity contribution is -0.140. The van der Waals surface area contributed by atoms with E-state index in [1.165, 1.54) is 0 Å². The monoisotopic (exact) mass is 214 g/mol. The molecule has 2 heterocycles. The third-order valence-electron chi connectivity index (χ3n) is 3.04. The molecule has 5 heteroatoms. The van der Waals surface area contributed by atoms with Gasteiger partial charge in [-0.1, -0.05) is 0 Å². The van der Waals surface area contributed by atoms with Crippen LogP contribution in [0.15, 0.2) is 0 Å². The largest absolute Gasteiger partial charge is 0.480 e. The maximum absolute atomic E-state index is 10.8. The van der Waals surface area contributed by atoms with E-state index in [-0.39, 0.29) is 0 Å². The van der Waals surface area contributed by atoms with Gasteiger partial charge in [-0.05, 0) is 12.8 Å². The Morgan fingerprint density at radius 3 is 3.13 bits per heavy atom. The van der Waals surface area contributed by atoms with Crippen molar-refractivity contribution >= 4 is 5.97 Å². The van der Waals surface area contributed by atoms with Crippen molar-refractivity contribution in [1.82, 2.24) is 10.2 Å². The summed E-state index contributed by atoms with van der Waals surface area (Å²) in [5.74, 6) is -0.757. The van der Waals surface area contributed by atoms with Crippen molar-refractivity contribution in [2.45, 2.75) is 25.0 Å². The van der Waals surface area contributed by atoms with Crippen molar-refractivity contribution in [2.24, 2.45) is 0 Å². The predicted molar refractivity (Wildman–Crippen MR) is 54.8 cm³/mol. The molecular formula is C10H18N2O3. The fourth-order valence-electron chi connectivity index (χ4n) is 2.22. The van der Waals surface area contributed by atoms with Crippen molar-refractivity contribution < 1.29 is 14.6 Å². The van der Waals surface area contributed by atoms with E-state index in [4.69, 9.17) is 9.84 Å². The molecule has 2 rings (SSSR count). The van der Waals surface area contributed by atoms with Crippen LogP contribution in [0.1, 0.15) is 12.8 Å². The molecule has 0 aromatic rings. The zero-order valence-electron chi connectivity index (χ0n) is 8.82. The summed E-state index contributed by atoms with van der Waals surface area (Å²) in [6.45, 7) is 4.01. The molecule has 2 aliphatic heterocycles. The fourth-order valence-corrected chi connectivity index (χ4v) is 2.22. The van der Waals surface area contributed by atoms with Gasteiger partial charge in [0, 0.05) is 32.8 Å². The number of carboxylic acids is 1. The molecule has 2 aliphatic rings. The average Bonchev–Trinajstić information content (AvgIpc) is 2.71. The van der Waals surface area contributed by atoms with Gasteiger partial charge in [0.1, 0.15) is 6.04 Å². The Balaban J connectivity index is 1.79. The highest BCUT2D eigenvalue weighted by atomic mass is 16.5. The normalized spacial score (nSPS) is 33.1. The van der Waals surface area contributed by atoms with Crippen LogP contribution in [0.4, 0.5) is 0 Å². The maximum atomic E-state index is 10.8. The minimum atomic E-state index is -0.757. The molecule has 0 amide bonds. The second-order valence-corrected chi connectivity index (χ2v) is 4.24.